The monoisotopic (exact) mass is 343 g/mol. The van der Waals surface area contributed by atoms with Gasteiger partial charge in [-0.3, -0.25) is 15.1 Å². The Morgan fingerprint density at radius 1 is 1.12 bits per heavy atom. The number of hydrogen-bond donors (Lipinski definition) is 2. The molecule has 25 heavy (non-hydrogen) atoms. The summed E-state index contributed by atoms with van der Waals surface area (Å²) in [5, 5.41) is 13.9. The fourth-order valence-electron chi connectivity index (χ4n) is 5.33. The summed E-state index contributed by atoms with van der Waals surface area (Å²) in [6, 6.07) is 11.0. The van der Waals surface area contributed by atoms with Gasteiger partial charge in [0, 0.05) is 24.2 Å². The molecule has 1 atom stereocenters. The van der Waals surface area contributed by atoms with Crippen LogP contribution in [0.25, 0.3) is 0 Å². The van der Waals surface area contributed by atoms with Gasteiger partial charge in [0.2, 0.25) is 0 Å². The van der Waals surface area contributed by atoms with Gasteiger partial charge in [-0.2, -0.15) is 0 Å². The van der Waals surface area contributed by atoms with E-state index in [0.717, 1.165) is 44.7 Å². The standard InChI is InChI=1S/C21H33N3O/c1-23(2)21(18-9-4-3-5-10-18)13-11-20(12-14-21)16-22-19(25)24(20)15-17-7-6-8-17/h3-5,9-10,17,19,22,25H,6-8,11-16H2,1-2H3/t19?,20-,21+. The number of aliphatic hydroxyl groups is 1. The van der Waals surface area contributed by atoms with E-state index in [1.165, 1.54) is 24.8 Å². The molecular weight excluding hydrogens is 310 g/mol. The Morgan fingerprint density at radius 2 is 1.80 bits per heavy atom. The fourth-order valence-corrected chi connectivity index (χ4v) is 5.33. The first-order valence-corrected chi connectivity index (χ1v) is 9.97. The molecule has 2 saturated carbocycles. The second-order valence-electron chi connectivity index (χ2n) is 8.72. The molecule has 1 heterocycles. The van der Waals surface area contributed by atoms with Crippen molar-refractivity contribution in [3.05, 3.63) is 35.9 Å². The molecule has 1 aromatic carbocycles. The number of benzene rings is 1. The van der Waals surface area contributed by atoms with Crippen LogP contribution in [0.4, 0.5) is 0 Å². The zero-order valence-corrected chi connectivity index (χ0v) is 15.7. The number of hydrogen-bond acceptors (Lipinski definition) is 4. The Labute approximate surface area is 152 Å². The second kappa shape index (κ2) is 6.66. The lowest BCUT2D eigenvalue weighted by Gasteiger charge is -2.52. The maximum atomic E-state index is 10.5. The van der Waals surface area contributed by atoms with Crippen LogP contribution in [0, 0.1) is 5.92 Å². The summed E-state index contributed by atoms with van der Waals surface area (Å²) in [6.07, 6.45) is 8.19. The van der Waals surface area contributed by atoms with Crippen LogP contribution in [0.5, 0.6) is 0 Å². The molecule has 2 N–H and O–H groups in total. The molecule has 1 saturated heterocycles. The second-order valence-corrected chi connectivity index (χ2v) is 8.72. The van der Waals surface area contributed by atoms with E-state index in [9.17, 15) is 5.11 Å². The van der Waals surface area contributed by atoms with E-state index in [-0.39, 0.29) is 11.1 Å². The first-order chi connectivity index (χ1) is 12.1. The van der Waals surface area contributed by atoms with E-state index in [1.807, 2.05) is 0 Å². The minimum atomic E-state index is -0.454. The number of nitrogens with zero attached hydrogens (tertiary/aromatic N) is 2. The highest BCUT2D eigenvalue weighted by Crippen LogP contribution is 2.48. The van der Waals surface area contributed by atoms with Gasteiger partial charge < -0.3 is 5.11 Å². The van der Waals surface area contributed by atoms with Crippen molar-refractivity contribution in [1.82, 2.24) is 15.1 Å². The van der Waals surface area contributed by atoms with E-state index in [1.54, 1.807) is 0 Å². The third kappa shape index (κ3) is 2.93. The molecule has 0 amide bonds. The molecule has 1 spiro atoms. The molecule has 4 nitrogen and oxygen atoms in total. The molecule has 1 aliphatic heterocycles. The van der Waals surface area contributed by atoms with E-state index in [0.29, 0.717) is 0 Å². The first-order valence-electron chi connectivity index (χ1n) is 9.97. The molecule has 138 valence electrons. The van der Waals surface area contributed by atoms with Crippen molar-refractivity contribution in [3.8, 4) is 0 Å². The van der Waals surface area contributed by atoms with Crippen molar-refractivity contribution < 1.29 is 5.11 Å². The van der Waals surface area contributed by atoms with Crippen LogP contribution < -0.4 is 5.32 Å². The Hall–Kier alpha value is -0.940. The Balaban J connectivity index is 1.54. The molecule has 0 aromatic heterocycles. The van der Waals surface area contributed by atoms with Gasteiger partial charge in [0.15, 0.2) is 6.35 Å². The highest BCUT2D eigenvalue weighted by molar-refractivity contribution is 5.26. The summed E-state index contributed by atoms with van der Waals surface area (Å²) < 4.78 is 0. The van der Waals surface area contributed by atoms with E-state index < -0.39 is 6.35 Å². The van der Waals surface area contributed by atoms with E-state index in [4.69, 9.17) is 0 Å². The predicted molar refractivity (Wildman–Crippen MR) is 101 cm³/mol. The van der Waals surface area contributed by atoms with Crippen LogP contribution in [0.1, 0.15) is 50.5 Å². The third-order valence-electron chi connectivity index (χ3n) is 7.37. The Kier molecular flexibility index (Phi) is 4.65. The normalized spacial score (nSPS) is 36.9. The lowest BCUT2D eigenvalue weighted by Crippen LogP contribution is -2.57. The molecule has 1 aromatic rings. The van der Waals surface area contributed by atoms with Gasteiger partial charge in [-0.1, -0.05) is 36.8 Å². The predicted octanol–water partition coefficient (Wildman–Crippen LogP) is 2.74. The summed E-state index contributed by atoms with van der Waals surface area (Å²) in [6.45, 7) is 1.99. The Bertz CT molecular complexity index is 576. The quantitative estimate of drug-likeness (QED) is 0.882. The average molecular weight is 344 g/mol. The number of aliphatic hydroxyl groups excluding tert-OH is 1. The molecule has 3 fully saturated rings. The van der Waals surface area contributed by atoms with Crippen LogP contribution in [-0.2, 0) is 5.54 Å². The molecule has 0 bridgehead atoms. The summed E-state index contributed by atoms with van der Waals surface area (Å²) in [5.41, 5.74) is 1.71. The van der Waals surface area contributed by atoms with Crippen molar-refractivity contribution in [2.24, 2.45) is 5.92 Å². The highest BCUT2D eigenvalue weighted by atomic mass is 16.3. The smallest absolute Gasteiger partial charge is 0.163 e. The molecule has 2 aliphatic carbocycles. The molecule has 0 radical (unpaired) electrons. The van der Waals surface area contributed by atoms with Crippen molar-refractivity contribution in [3.63, 3.8) is 0 Å². The molecule has 4 heteroatoms. The minimum absolute atomic E-state index is 0.127. The number of rotatable bonds is 4. The summed E-state index contributed by atoms with van der Waals surface area (Å²) in [7, 11) is 4.44. The molecule has 3 aliphatic rings. The van der Waals surface area contributed by atoms with E-state index in [2.05, 4.69) is 59.5 Å². The van der Waals surface area contributed by atoms with Gasteiger partial charge in [-0.25, -0.2) is 0 Å². The van der Waals surface area contributed by atoms with Crippen LogP contribution in [0.2, 0.25) is 0 Å². The minimum Gasteiger partial charge on any atom is -0.365 e. The topological polar surface area (TPSA) is 38.7 Å². The summed E-state index contributed by atoms with van der Waals surface area (Å²) in [4.78, 5) is 4.83. The lowest BCUT2D eigenvalue weighted by atomic mass is 9.68. The van der Waals surface area contributed by atoms with Crippen molar-refractivity contribution in [2.45, 2.75) is 62.4 Å². The van der Waals surface area contributed by atoms with Crippen LogP contribution in [0.15, 0.2) is 30.3 Å². The first kappa shape index (κ1) is 17.5. The fraction of sp³-hybridized carbons (Fsp3) is 0.714. The van der Waals surface area contributed by atoms with Crippen LogP contribution in [-0.4, -0.2) is 54.0 Å². The zero-order chi connectivity index (χ0) is 17.5. The van der Waals surface area contributed by atoms with Crippen molar-refractivity contribution in [2.75, 3.05) is 27.2 Å². The van der Waals surface area contributed by atoms with Gasteiger partial charge in [0.1, 0.15) is 0 Å². The maximum Gasteiger partial charge on any atom is 0.163 e. The zero-order valence-electron chi connectivity index (χ0n) is 15.7. The lowest BCUT2D eigenvalue weighted by molar-refractivity contribution is -0.0712. The van der Waals surface area contributed by atoms with Crippen molar-refractivity contribution >= 4 is 0 Å². The number of nitrogens with one attached hydrogen (secondary N) is 1. The summed E-state index contributed by atoms with van der Waals surface area (Å²) >= 11 is 0. The average Bonchev–Trinajstić information content (AvgIpc) is 2.88. The molecule has 4 rings (SSSR count). The SMILES string of the molecule is CN(C)[C@]1(c2ccccc2)CC[C@]2(CC1)CNC(O)N2CC1CCC1. The Morgan fingerprint density at radius 3 is 2.36 bits per heavy atom. The van der Waals surface area contributed by atoms with Gasteiger partial charge >= 0.3 is 0 Å². The molecule has 1 unspecified atom stereocenters. The molecular formula is C21H33N3O. The van der Waals surface area contributed by atoms with E-state index >= 15 is 0 Å². The van der Waals surface area contributed by atoms with Gasteiger partial charge in [0.05, 0.1) is 0 Å². The third-order valence-corrected chi connectivity index (χ3v) is 7.37. The largest absolute Gasteiger partial charge is 0.365 e. The van der Waals surface area contributed by atoms with Crippen LogP contribution >= 0.6 is 0 Å². The van der Waals surface area contributed by atoms with Crippen molar-refractivity contribution in [1.29, 1.82) is 0 Å². The van der Waals surface area contributed by atoms with Gasteiger partial charge in [0.25, 0.3) is 0 Å². The van der Waals surface area contributed by atoms with Crippen LogP contribution in [0.3, 0.4) is 0 Å². The summed E-state index contributed by atoms with van der Waals surface area (Å²) in [5.74, 6) is 0.793. The maximum absolute atomic E-state index is 10.5. The van der Waals surface area contributed by atoms with Gasteiger partial charge in [-0.15, -0.1) is 0 Å². The van der Waals surface area contributed by atoms with Gasteiger partial charge in [-0.05, 0) is 64.1 Å². The highest BCUT2D eigenvalue weighted by Gasteiger charge is 2.52.